The Morgan fingerprint density at radius 2 is 2.20 bits per heavy atom. The molecule has 0 aromatic heterocycles. The van der Waals surface area contributed by atoms with Crippen molar-refractivity contribution < 1.29 is 4.79 Å². The molecule has 0 heterocycles. The van der Waals surface area contributed by atoms with E-state index >= 15 is 0 Å². The van der Waals surface area contributed by atoms with E-state index in [0.29, 0.717) is 12.3 Å². The molecule has 0 aliphatic heterocycles. The van der Waals surface area contributed by atoms with E-state index in [1.54, 1.807) is 0 Å². The van der Waals surface area contributed by atoms with E-state index in [4.69, 9.17) is 5.73 Å². The van der Waals surface area contributed by atoms with Gasteiger partial charge in [0, 0.05) is 6.42 Å². The fourth-order valence-electron chi connectivity index (χ4n) is 1.07. The lowest BCUT2D eigenvalue weighted by Gasteiger charge is -2.06. The number of hydrogen-bond acceptors (Lipinski definition) is 2. The fraction of sp³-hybridized carbons (Fsp3) is 0.875. The molecule has 0 aromatic carbocycles. The quantitative estimate of drug-likeness (QED) is 0.631. The van der Waals surface area contributed by atoms with Crippen LogP contribution in [0.25, 0.3) is 0 Å². The molecule has 0 saturated carbocycles. The summed E-state index contributed by atoms with van der Waals surface area (Å²) in [4.78, 5) is 10.8. The third-order valence-electron chi connectivity index (χ3n) is 1.59. The van der Waals surface area contributed by atoms with Crippen LogP contribution in [0.1, 0.15) is 33.1 Å². The average Bonchev–Trinajstić information content (AvgIpc) is 1.88. The maximum atomic E-state index is 10.8. The molecule has 0 aliphatic carbocycles. The van der Waals surface area contributed by atoms with Crippen LogP contribution in [-0.2, 0) is 4.79 Å². The maximum absolute atomic E-state index is 10.8. The second-order valence-electron chi connectivity index (χ2n) is 2.84. The second-order valence-corrected chi connectivity index (χ2v) is 2.84. The molecule has 0 amide bonds. The normalized spacial score (nSPS) is 13.1. The molecule has 60 valence electrons. The average molecular weight is 143 g/mol. The minimum atomic E-state index is 0.181. The Morgan fingerprint density at radius 1 is 1.60 bits per heavy atom. The molecule has 2 heteroatoms. The highest BCUT2D eigenvalue weighted by molar-refractivity contribution is 5.80. The van der Waals surface area contributed by atoms with E-state index in [1.807, 2.05) is 0 Å². The molecule has 0 spiro atoms. The largest absolute Gasteiger partial charge is 0.324 e. The molecular formula is C8H17NO. The molecule has 0 rings (SSSR count). The van der Waals surface area contributed by atoms with Crippen molar-refractivity contribution in [1.82, 2.24) is 0 Å². The highest BCUT2D eigenvalue weighted by atomic mass is 16.1. The summed E-state index contributed by atoms with van der Waals surface area (Å²) in [6.45, 7) is 4.43. The number of ketones is 1. The third-order valence-corrected chi connectivity index (χ3v) is 1.59. The Balaban J connectivity index is 3.37. The van der Waals surface area contributed by atoms with Crippen LogP contribution < -0.4 is 5.73 Å². The highest BCUT2D eigenvalue weighted by Gasteiger charge is 2.05. The summed E-state index contributed by atoms with van der Waals surface area (Å²) >= 11 is 0. The van der Waals surface area contributed by atoms with Crippen molar-refractivity contribution >= 4 is 5.78 Å². The molecule has 10 heavy (non-hydrogen) atoms. The Labute approximate surface area is 62.8 Å². The van der Waals surface area contributed by atoms with E-state index in [2.05, 4.69) is 13.8 Å². The Bertz CT molecular complexity index is 101. The van der Waals surface area contributed by atoms with Crippen molar-refractivity contribution in [3.63, 3.8) is 0 Å². The molecule has 2 N–H and O–H groups in total. The Hall–Kier alpha value is -0.370. The SMILES string of the molecule is CCCC(C)CC(=O)CN. The molecular weight excluding hydrogens is 126 g/mol. The number of hydrogen-bond donors (Lipinski definition) is 1. The molecule has 1 unspecified atom stereocenters. The van der Waals surface area contributed by atoms with Gasteiger partial charge in [-0.05, 0) is 5.92 Å². The lowest BCUT2D eigenvalue weighted by atomic mass is 10.00. The first-order chi connectivity index (χ1) is 4.70. The first-order valence-corrected chi connectivity index (χ1v) is 3.92. The first-order valence-electron chi connectivity index (χ1n) is 3.92. The number of nitrogens with two attached hydrogens (primary N) is 1. The molecule has 1 atom stereocenters. The minimum Gasteiger partial charge on any atom is -0.324 e. The zero-order valence-corrected chi connectivity index (χ0v) is 6.89. The summed E-state index contributed by atoms with van der Waals surface area (Å²) < 4.78 is 0. The van der Waals surface area contributed by atoms with Crippen molar-refractivity contribution in [3.05, 3.63) is 0 Å². The number of Topliss-reactive ketones (excluding diaryl/α,β-unsaturated/α-hetero) is 1. The van der Waals surface area contributed by atoms with Crippen LogP contribution in [0.15, 0.2) is 0 Å². The van der Waals surface area contributed by atoms with Crippen LogP contribution in [0.5, 0.6) is 0 Å². The summed E-state index contributed by atoms with van der Waals surface area (Å²) in [5.74, 6) is 0.696. The topological polar surface area (TPSA) is 43.1 Å². The summed E-state index contributed by atoms with van der Waals surface area (Å²) in [6, 6.07) is 0. The van der Waals surface area contributed by atoms with Crippen LogP contribution in [0, 0.1) is 5.92 Å². The van der Waals surface area contributed by atoms with Crippen LogP contribution in [0.2, 0.25) is 0 Å². The minimum absolute atomic E-state index is 0.181. The molecule has 0 aromatic rings. The third kappa shape index (κ3) is 4.50. The predicted molar refractivity (Wildman–Crippen MR) is 42.8 cm³/mol. The molecule has 0 fully saturated rings. The van der Waals surface area contributed by atoms with Crippen molar-refractivity contribution in [2.45, 2.75) is 33.1 Å². The van der Waals surface area contributed by atoms with E-state index in [1.165, 1.54) is 0 Å². The van der Waals surface area contributed by atoms with E-state index in [-0.39, 0.29) is 12.3 Å². The Kier molecular flexibility index (Phi) is 5.22. The van der Waals surface area contributed by atoms with Gasteiger partial charge in [0.2, 0.25) is 0 Å². The summed E-state index contributed by atoms with van der Waals surface area (Å²) in [5.41, 5.74) is 5.17. The van der Waals surface area contributed by atoms with Gasteiger partial charge in [0.15, 0.2) is 0 Å². The van der Waals surface area contributed by atoms with Crippen molar-refractivity contribution in [2.24, 2.45) is 11.7 Å². The monoisotopic (exact) mass is 143 g/mol. The predicted octanol–water partition coefficient (Wildman–Crippen LogP) is 1.34. The summed E-state index contributed by atoms with van der Waals surface area (Å²) in [6.07, 6.45) is 2.94. The molecule has 0 bridgehead atoms. The van der Waals surface area contributed by atoms with Crippen LogP contribution >= 0.6 is 0 Å². The maximum Gasteiger partial charge on any atom is 0.146 e. The lowest BCUT2D eigenvalue weighted by molar-refractivity contribution is -0.118. The fourth-order valence-corrected chi connectivity index (χ4v) is 1.07. The van der Waals surface area contributed by atoms with Gasteiger partial charge in [-0.3, -0.25) is 4.79 Å². The second kappa shape index (κ2) is 5.42. The van der Waals surface area contributed by atoms with Gasteiger partial charge in [-0.15, -0.1) is 0 Å². The molecule has 2 nitrogen and oxygen atoms in total. The van der Waals surface area contributed by atoms with Gasteiger partial charge in [-0.2, -0.15) is 0 Å². The number of carbonyl (C=O) groups excluding carboxylic acids is 1. The van der Waals surface area contributed by atoms with Gasteiger partial charge in [0.1, 0.15) is 5.78 Å². The van der Waals surface area contributed by atoms with Gasteiger partial charge < -0.3 is 5.73 Å². The summed E-state index contributed by atoms with van der Waals surface area (Å²) in [7, 11) is 0. The van der Waals surface area contributed by atoms with Crippen LogP contribution in [-0.4, -0.2) is 12.3 Å². The lowest BCUT2D eigenvalue weighted by Crippen LogP contribution is -2.16. The van der Waals surface area contributed by atoms with Gasteiger partial charge in [-0.1, -0.05) is 26.7 Å². The first kappa shape index (κ1) is 9.63. The standard InChI is InChI=1S/C8H17NO/c1-3-4-7(2)5-8(10)6-9/h7H,3-6,9H2,1-2H3. The number of carbonyl (C=O) groups is 1. The van der Waals surface area contributed by atoms with Gasteiger partial charge >= 0.3 is 0 Å². The van der Waals surface area contributed by atoms with Gasteiger partial charge in [0.05, 0.1) is 6.54 Å². The van der Waals surface area contributed by atoms with Crippen molar-refractivity contribution in [3.8, 4) is 0 Å². The molecule has 0 saturated heterocycles. The molecule has 0 radical (unpaired) electrons. The zero-order valence-electron chi connectivity index (χ0n) is 6.89. The van der Waals surface area contributed by atoms with Crippen LogP contribution in [0.4, 0.5) is 0 Å². The van der Waals surface area contributed by atoms with Crippen LogP contribution in [0.3, 0.4) is 0 Å². The zero-order chi connectivity index (χ0) is 7.98. The van der Waals surface area contributed by atoms with Crippen molar-refractivity contribution in [2.75, 3.05) is 6.54 Å². The van der Waals surface area contributed by atoms with E-state index < -0.39 is 0 Å². The Morgan fingerprint density at radius 3 is 2.60 bits per heavy atom. The van der Waals surface area contributed by atoms with E-state index in [9.17, 15) is 4.79 Å². The highest BCUT2D eigenvalue weighted by Crippen LogP contribution is 2.09. The smallest absolute Gasteiger partial charge is 0.146 e. The number of rotatable bonds is 5. The summed E-state index contributed by atoms with van der Waals surface area (Å²) in [5, 5.41) is 0. The van der Waals surface area contributed by atoms with E-state index in [0.717, 1.165) is 12.8 Å². The van der Waals surface area contributed by atoms with Crippen molar-refractivity contribution in [1.29, 1.82) is 0 Å². The van der Waals surface area contributed by atoms with Gasteiger partial charge in [-0.25, -0.2) is 0 Å². The van der Waals surface area contributed by atoms with Gasteiger partial charge in [0.25, 0.3) is 0 Å². The molecule has 0 aliphatic rings.